The van der Waals surface area contributed by atoms with Gasteiger partial charge in [-0.1, -0.05) is 18.2 Å². The van der Waals surface area contributed by atoms with Crippen LogP contribution in [0.4, 0.5) is 0 Å². The normalized spacial score (nSPS) is 13.3. The maximum atomic E-state index is 9.90. The zero-order valence-electron chi connectivity index (χ0n) is 8.29. The second-order valence-electron chi connectivity index (χ2n) is 3.35. The highest BCUT2D eigenvalue weighted by Crippen LogP contribution is 2.26. The molecule has 1 aromatic heterocycles. The van der Waals surface area contributed by atoms with Gasteiger partial charge in [0.15, 0.2) is 0 Å². The van der Waals surface area contributed by atoms with Crippen molar-refractivity contribution in [3.8, 4) is 0 Å². The Morgan fingerprint density at radius 2 is 2.40 bits per heavy atom. The highest BCUT2D eigenvalue weighted by Gasteiger charge is 2.13. The SMILES string of the molecule is CNCC(O)c1cccc2c(Br)[nH]nc12. The van der Waals surface area contributed by atoms with Crippen molar-refractivity contribution in [3.05, 3.63) is 28.4 Å². The van der Waals surface area contributed by atoms with Crippen molar-refractivity contribution in [2.75, 3.05) is 13.6 Å². The Kier molecular flexibility index (Phi) is 3.04. The Bertz CT molecular complexity index is 469. The summed E-state index contributed by atoms with van der Waals surface area (Å²) in [6.45, 7) is 0.517. The third-order valence-electron chi connectivity index (χ3n) is 2.33. The van der Waals surface area contributed by atoms with Crippen molar-refractivity contribution in [2.45, 2.75) is 6.10 Å². The van der Waals surface area contributed by atoms with E-state index < -0.39 is 6.10 Å². The molecule has 1 atom stereocenters. The second kappa shape index (κ2) is 4.30. The molecule has 2 rings (SSSR count). The number of para-hydroxylation sites is 1. The van der Waals surface area contributed by atoms with Crippen molar-refractivity contribution in [1.29, 1.82) is 0 Å². The number of hydrogen-bond donors (Lipinski definition) is 3. The Morgan fingerprint density at radius 1 is 1.60 bits per heavy atom. The molecule has 2 aromatic rings. The van der Waals surface area contributed by atoms with E-state index in [4.69, 9.17) is 0 Å². The summed E-state index contributed by atoms with van der Waals surface area (Å²) in [5.74, 6) is 0. The summed E-state index contributed by atoms with van der Waals surface area (Å²) in [7, 11) is 1.81. The lowest BCUT2D eigenvalue weighted by atomic mass is 10.1. The molecule has 0 saturated heterocycles. The highest BCUT2D eigenvalue weighted by molar-refractivity contribution is 9.10. The van der Waals surface area contributed by atoms with Gasteiger partial charge in [-0.05, 0) is 23.0 Å². The minimum Gasteiger partial charge on any atom is -0.387 e. The molecule has 0 aliphatic rings. The summed E-state index contributed by atoms with van der Waals surface area (Å²) < 4.78 is 0.844. The molecule has 0 saturated carbocycles. The van der Waals surface area contributed by atoms with Gasteiger partial charge in [0.2, 0.25) is 0 Å². The van der Waals surface area contributed by atoms with Crippen LogP contribution in [0, 0.1) is 0 Å². The van der Waals surface area contributed by atoms with Gasteiger partial charge in [0.25, 0.3) is 0 Å². The van der Waals surface area contributed by atoms with E-state index in [9.17, 15) is 5.11 Å². The molecular weight excluding hydrogens is 258 g/mol. The number of halogens is 1. The van der Waals surface area contributed by atoms with E-state index in [-0.39, 0.29) is 0 Å². The summed E-state index contributed by atoms with van der Waals surface area (Å²) >= 11 is 3.37. The monoisotopic (exact) mass is 269 g/mol. The first-order chi connectivity index (χ1) is 7.24. The van der Waals surface area contributed by atoms with Gasteiger partial charge in [-0.15, -0.1) is 0 Å². The summed E-state index contributed by atoms with van der Waals surface area (Å²) in [6, 6.07) is 5.76. The van der Waals surface area contributed by atoms with E-state index >= 15 is 0 Å². The van der Waals surface area contributed by atoms with E-state index in [0.29, 0.717) is 6.54 Å². The van der Waals surface area contributed by atoms with Crippen molar-refractivity contribution >= 4 is 26.8 Å². The lowest BCUT2D eigenvalue weighted by molar-refractivity contribution is 0.179. The molecular formula is C10H12BrN3O. The number of aromatic amines is 1. The molecule has 5 heteroatoms. The van der Waals surface area contributed by atoms with Crippen molar-refractivity contribution in [1.82, 2.24) is 15.5 Å². The van der Waals surface area contributed by atoms with Crippen LogP contribution >= 0.6 is 15.9 Å². The Morgan fingerprint density at radius 3 is 3.13 bits per heavy atom. The second-order valence-corrected chi connectivity index (χ2v) is 4.15. The smallest absolute Gasteiger partial charge is 0.108 e. The van der Waals surface area contributed by atoms with Gasteiger partial charge in [0, 0.05) is 17.5 Å². The van der Waals surface area contributed by atoms with E-state index in [1.807, 2.05) is 25.2 Å². The number of likely N-dealkylation sites (N-methyl/N-ethyl adjacent to an activating group) is 1. The molecule has 1 aromatic carbocycles. The summed E-state index contributed by atoms with van der Waals surface area (Å²) in [4.78, 5) is 0. The molecule has 15 heavy (non-hydrogen) atoms. The predicted octanol–water partition coefficient (Wildman–Crippen LogP) is 1.58. The first-order valence-electron chi connectivity index (χ1n) is 4.69. The van der Waals surface area contributed by atoms with Crippen LogP contribution in [-0.2, 0) is 0 Å². The third kappa shape index (κ3) is 1.90. The van der Waals surface area contributed by atoms with Crippen LogP contribution in [0.25, 0.3) is 10.9 Å². The number of aromatic nitrogens is 2. The number of nitrogens with one attached hydrogen (secondary N) is 2. The first-order valence-corrected chi connectivity index (χ1v) is 5.48. The molecule has 0 bridgehead atoms. The Hall–Kier alpha value is -0.910. The number of H-pyrrole nitrogens is 1. The standard InChI is InChI=1S/C10H12BrN3O/c1-12-5-8(15)6-3-2-4-7-9(6)13-14-10(7)11/h2-4,8,12,15H,5H2,1H3,(H,13,14). The Labute approximate surface area is 95.8 Å². The van der Waals surface area contributed by atoms with Gasteiger partial charge in [0.1, 0.15) is 4.60 Å². The fourth-order valence-electron chi connectivity index (χ4n) is 1.60. The number of nitrogens with zero attached hydrogens (tertiary/aromatic N) is 1. The average Bonchev–Trinajstić information content (AvgIpc) is 2.61. The minimum atomic E-state index is -0.533. The van der Waals surface area contributed by atoms with Gasteiger partial charge < -0.3 is 10.4 Å². The lowest BCUT2D eigenvalue weighted by Gasteiger charge is -2.10. The van der Waals surface area contributed by atoms with Crippen LogP contribution in [0.3, 0.4) is 0 Å². The average molecular weight is 270 g/mol. The number of fused-ring (bicyclic) bond motifs is 1. The van der Waals surface area contributed by atoms with Crippen LogP contribution < -0.4 is 5.32 Å². The molecule has 0 amide bonds. The van der Waals surface area contributed by atoms with Gasteiger partial charge in [-0.3, -0.25) is 5.10 Å². The fraction of sp³-hybridized carbons (Fsp3) is 0.300. The van der Waals surface area contributed by atoms with Crippen molar-refractivity contribution in [2.24, 2.45) is 0 Å². The molecule has 80 valence electrons. The largest absolute Gasteiger partial charge is 0.387 e. The van der Waals surface area contributed by atoms with Crippen LogP contribution in [0.15, 0.2) is 22.8 Å². The number of rotatable bonds is 3. The van der Waals surface area contributed by atoms with Gasteiger partial charge in [-0.2, -0.15) is 5.10 Å². The van der Waals surface area contributed by atoms with E-state index in [0.717, 1.165) is 21.1 Å². The molecule has 0 aliphatic heterocycles. The predicted molar refractivity (Wildman–Crippen MR) is 62.7 cm³/mol. The maximum Gasteiger partial charge on any atom is 0.108 e. The topological polar surface area (TPSA) is 60.9 Å². The van der Waals surface area contributed by atoms with E-state index in [2.05, 4.69) is 31.4 Å². The molecule has 1 unspecified atom stereocenters. The summed E-state index contributed by atoms with van der Waals surface area (Å²) in [6.07, 6.45) is -0.533. The highest BCUT2D eigenvalue weighted by atomic mass is 79.9. The number of hydrogen-bond acceptors (Lipinski definition) is 3. The summed E-state index contributed by atoms with van der Waals surface area (Å²) in [5.41, 5.74) is 1.65. The van der Waals surface area contributed by atoms with Crippen molar-refractivity contribution in [3.63, 3.8) is 0 Å². The number of aliphatic hydroxyl groups excluding tert-OH is 1. The quantitative estimate of drug-likeness (QED) is 0.793. The van der Waals surface area contributed by atoms with Gasteiger partial charge >= 0.3 is 0 Å². The molecule has 0 spiro atoms. The van der Waals surface area contributed by atoms with Gasteiger partial charge in [0.05, 0.1) is 11.6 Å². The first kappa shape index (κ1) is 10.6. The number of benzene rings is 1. The number of aliphatic hydroxyl groups is 1. The van der Waals surface area contributed by atoms with Crippen LogP contribution in [0.2, 0.25) is 0 Å². The molecule has 4 nitrogen and oxygen atoms in total. The molecule has 0 radical (unpaired) electrons. The third-order valence-corrected chi connectivity index (χ3v) is 2.93. The molecule has 3 N–H and O–H groups in total. The minimum absolute atomic E-state index is 0.517. The molecule has 0 fully saturated rings. The molecule has 1 heterocycles. The summed E-state index contributed by atoms with van der Waals surface area (Å²) in [5, 5.41) is 20.8. The van der Waals surface area contributed by atoms with E-state index in [1.165, 1.54) is 0 Å². The fourth-order valence-corrected chi connectivity index (χ4v) is 2.01. The zero-order valence-corrected chi connectivity index (χ0v) is 9.87. The maximum absolute atomic E-state index is 9.90. The van der Waals surface area contributed by atoms with Crippen LogP contribution in [0.1, 0.15) is 11.7 Å². The Balaban J connectivity index is 2.51. The zero-order chi connectivity index (χ0) is 10.8. The lowest BCUT2D eigenvalue weighted by Crippen LogP contribution is -2.16. The molecule has 0 aliphatic carbocycles. The van der Waals surface area contributed by atoms with E-state index in [1.54, 1.807) is 0 Å². The van der Waals surface area contributed by atoms with Crippen molar-refractivity contribution < 1.29 is 5.11 Å². The van der Waals surface area contributed by atoms with Crippen LogP contribution in [0.5, 0.6) is 0 Å². The van der Waals surface area contributed by atoms with Crippen LogP contribution in [-0.4, -0.2) is 28.9 Å². The van der Waals surface area contributed by atoms with Gasteiger partial charge in [-0.25, -0.2) is 0 Å².